The number of nitrogens with two attached hydrogens (primary N) is 1. The van der Waals surface area contributed by atoms with E-state index in [0.29, 0.717) is 5.69 Å². The fourth-order valence-corrected chi connectivity index (χ4v) is 1.94. The minimum absolute atomic E-state index is 0.215. The van der Waals surface area contributed by atoms with Gasteiger partial charge >= 0.3 is 5.97 Å². The average molecular weight is 274 g/mol. The summed E-state index contributed by atoms with van der Waals surface area (Å²) in [5, 5.41) is 8.86. The van der Waals surface area contributed by atoms with Crippen molar-refractivity contribution in [3.05, 3.63) is 53.3 Å². The van der Waals surface area contributed by atoms with Crippen LogP contribution in [0.2, 0.25) is 0 Å². The van der Waals surface area contributed by atoms with Crippen LogP contribution in [-0.4, -0.2) is 18.1 Å². The zero-order valence-electron chi connectivity index (χ0n) is 11.2. The molecule has 2 rings (SSSR count). The van der Waals surface area contributed by atoms with Crippen LogP contribution in [0.15, 0.2) is 36.4 Å². The van der Waals surface area contributed by atoms with E-state index in [2.05, 4.69) is 0 Å². The molecule has 0 spiro atoms. The van der Waals surface area contributed by atoms with Gasteiger partial charge in [-0.15, -0.1) is 0 Å². The van der Waals surface area contributed by atoms with Gasteiger partial charge in [0.05, 0.1) is 16.9 Å². The summed E-state index contributed by atoms with van der Waals surface area (Å²) in [7, 11) is 1.75. The minimum atomic E-state index is -1.33. The third-order valence-corrected chi connectivity index (χ3v) is 3.13. The molecule has 2 aromatic carbocycles. The van der Waals surface area contributed by atoms with Crippen LogP contribution in [0.25, 0.3) is 0 Å². The van der Waals surface area contributed by atoms with E-state index in [-0.39, 0.29) is 5.69 Å². The molecule has 0 unspecified atom stereocenters. The molecular weight excluding hydrogens is 259 g/mol. The highest BCUT2D eigenvalue weighted by atomic mass is 19.1. The van der Waals surface area contributed by atoms with E-state index in [1.54, 1.807) is 11.9 Å². The number of nitrogen functional groups attached to an aromatic ring is 1. The Morgan fingerprint density at radius 2 is 1.85 bits per heavy atom. The van der Waals surface area contributed by atoms with Crippen LogP contribution in [-0.2, 0) is 0 Å². The Kier molecular flexibility index (Phi) is 3.61. The summed E-state index contributed by atoms with van der Waals surface area (Å²) in [6.45, 7) is 1.97. The van der Waals surface area contributed by atoms with E-state index in [1.165, 1.54) is 0 Å². The number of hydrogen-bond acceptors (Lipinski definition) is 3. The summed E-state index contributed by atoms with van der Waals surface area (Å²) in [4.78, 5) is 12.6. The van der Waals surface area contributed by atoms with Crippen LogP contribution in [0.4, 0.5) is 21.5 Å². The topological polar surface area (TPSA) is 66.6 Å². The molecule has 2 aromatic rings. The van der Waals surface area contributed by atoms with Crippen LogP contribution < -0.4 is 10.6 Å². The van der Waals surface area contributed by atoms with Crippen molar-refractivity contribution in [2.45, 2.75) is 6.92 Å². The second-order valence-corrected chi connectivity index (χ2v) is 4.59. The molecule has 0 radical (unpaired) electrons. The average Bonchev–Trinajstić information content (AvgIpc) is 2.40. The second-order valence-electron chi connectivity index (χ2n) is 4.59. The number of carbonyl (C=O) groups is 1. The van der Waals surface area contributed by atoms with Gasteiger partial charge in [0.15, 0.2) is 0 Å². The lowest BCUT2D eigenvalue weighted by Crippen LogP contribution is -2.13. The van der Waals surface area contributed by atoms with Gasteiger partial charge in [-0.3, -0.25) is 0 Å². The van der Waals surface area contributed by atoms with Gasteiger partial charge in [-0.1, -0.05) is 17.7 Å². The van der Waals surface area contributed by atoms with Crippen molar-refractivity contribution in [1.82, 2.24) is 0 Å². The Morgan fingerprint density at radius 3 is 2.40 bits per heavy atom. The number of nitrogens with zero attached hydrogens (tertiary/aromatic N) is 1. The quantitative estimate of drug-likeness (QED) is 0.844. The zero-order chi connectivity index (χ0) is 14.9. The van der Waals surface area contributed by atoms with Gasteiger partial charge in [-0.25, -0.2) is 9.18 Å². The van der Waals surface area contributed by atoms with Crippen LogP contribution in [0.3, 0.4) is 0 Å². The summed E-state index contributed by atoms with van der Waals surface area (Å²) in [5.41, 5.74) is 7.99. The highest BCUT2D eigenvalue weighted by Gasteiger charge is 2.16. The van der Waals surface area contributed by atoms with Crippen molar-refractivity contribution in [3.8, 4) is 0 Å². The third kappa shape index (κ3) is 2.56. The smallest absolute Gasteiger partial charge is 0.338 e. The van der Waals surface area contributed by atoms with Gasteiger partial charge in [-0.05, 0) is 25.1 Å². The first-order chi connectivity index (χ1) is 9.40. The molecule has 0 aromatic heterocycles. The monoisotopic (exact) mass is 274 g/mol. The Morgan fingerprint density at radius 1 is 1.25 bits per heavy atom. The van der Waals surface area contributed by atoms with Crippen molar-refractivity contribution in [2.24, 2.45) is 0 Å². The Bertz CT molecular complexity index is 654. The maximum atomic E-state index is 13.8. The summed E-state index contributed by atoms with van der Waals surface area (Å²) in [5.74, 6) is -2.14. The first-order valence-electron chi connectivity index (χ1n) is 6.03. The molecular formula is C15H15FN2O2. The maximum absolute atomic E-state index is 13.8. The van der Waals surface area contributed by atoms with E-state index in [9.17, 15) is 9.18 Å². The molecule has 0 atom stereocenters. The zero-order valence-corrected chi connectivity index (χ0v) is 11.2. The number of halogens is 1. The van der Waals surface area contributed by atoms with Crippen molar-refractivity contribution in [3.63, 3.8) is 0 Å². The van der Waals surface area contributed by atoms with Crippen molar-refractivity contribution >= 4 is 23.0 Å². The van der Waals surface area contributed by atoms with Crippen LogP contribution >= 0.6 is 0 Å². The second kappa shape index (κ2) is 5.21. The Balaban J connectivity index is 2.45. The normalized spacial score (nSPS) is 10.3. The predicted molar refractivity (Wildman–Crippen MR) is 77.0 cm³/mol. The van der Waals surface area contributed by atoms with E-state index in [1.807, 2.05) is 31.2 Å². The van der Waals surface area contributed by atoms with E-state index >= 15 is 0 Å². The molecule has 4 nitrogen and oxygen atoms in total. The number of carboxylic acid groups (broad SMARTS) is 1. The lowest BCUT2D eigenvalue weighted by Gasteiger charge is -2.22. The summed E-state index contributed by atoms with van der Waals surface area (Å²) in [6, 6.07) is 9.92. The SMILES string of the molecule is Cc1ccc(N(C)c2cc(F)c(C(=O)O)cc2N)cc1. The standard InChI is InChI=1S/C15H15FN2O2/c1-9-3-5-10(6-4-9)18(2)14-8-12(16)11(15(19)20)7-13(14)17/h3-8H,17H2,1-2H3,(H,19,20). The predicted octanol–water partition coefficient (Wildman–Crippen LogP) is 3.18. The molecule has 0 saturated heterocycles. The molecule has 0 aliphatic rings. The Labute approximate surface area is 116 Å². The van der Waals surface area contributed by atoms with E-state index < -0.39 is 17.3 Å². The molecule has 0 aliphatic carbocycles. The third-order valence-electron chi connectivity index (χ3n) is 3.13. The first-order valence-corrected chi connectivity index (χ1v) is 6.03. The number of rotatable bonds is 3. The van der Waals surface area contributed by atoms with Gasteiger partial charge in [0.2, 0.25) is 0 Å². The van der Waals surface area contributed by atoms with Crippen molar-refractivity contribution in [2.75, 3.05) is 17.7 Å². The van der Waals surface area contributed by atoms with Crippen molar-refractivity contribution in [1.29, 1.82) is 0 Å². The highest BCUT2D eigenvalue weighted by Crippen LogP contribution is 2.31. The number of carboxylic acids is 1. The van der Waals surface area contributed by atoms with Gasteiger partial charge in [-0.2, -0.15) is 0 Å². The molecule has 104 valence electrons. The summed E-state index contributed by atoms with van der Waals surface area (Å²) < 4.78 is 13.8. The molecule has 3 N–H and O–H groups in total. The van der Waals surface area contributed by atoms with Crippen molar-refractivity contribution < 1.29 is 14.3 Å². The maximum Gasteiger partial charge on any atom is 0.338 e. The first kappa shape index (κ1) is 13.9. The number of aryl methyl sites for hydroxylation is 1. The van der Waals surface area contributed by atoms with Gasteiger partial charge in [0, 0.05) is 18.8 Å². The summed E-state index contributed by atoms with van der Waals surface area (Å²) in [6.07, 6.45) is 0. The lowest BCUT2D eigenvalue weighted by atomic mass is 10.1. The summed E-state index contributed by atoms with van der Waals surface area (Å²) >= 11 is 0. The Hall–Kier alpha value is -2.56. The van der Waals surface area contributed by atoms with E-state index in [4.69, 9.17) is 10.8 Å². The van der Waals surface area contributed by atoms with Crippen LogP contribution in [0, 0.1) is 12.7 Å². The lowest BCUT2D eigenvalue weighted by molar-refractivity contribution is 0.0692. The van der Waals surface area contributed by atoms with Crippen LogP contribution in [0.1, 0.15) is 15.9 Å². The molecule has 0 heterocycles. The largest absolute Gasteiger partial charge is 0.478 e. The number of benzene rings is 2. The molecule has 0 bridgehead atoms. The molecule has 5 heteroatoms. The van der Waals surface area contributed by atoms with Gasteiger partial charge in [0.1, 0.15) is 5.82 Å². The highest BCUT2D eigenvalue weighted by molar-refractivity contribution is 5.91. The van der Waals surface area contributed by atoms with Gasteiger partial charge in [0.25, 0.3) is 0 Å². The molecule has 0 saturated carbocycles. The van der Waals surface area contributed by atoms with Crippen LogP contribution in [0.5, 0.6) is 0 Å². The van der Waals surface area contributed by atoms with E-state index in [0.717, 1.165) is 23.4 Å². The van der Waals surface area contributed by atoms with Gasteiger partial charge < -0.3 is 15.7 Å². The molecule has 0 fully saturated rings. The fraction of sp³-hybridized carbons (Fsp3) is 0.133. The number of aromatic carboxylic acids is 1. The number of hydrogen-bond donors (Lipinski definition) is 2. The molecule has 0 aliphatic heterocycles. The fourth-order valence-electron chi connectivity index (χ4n) is 1.94. The minimum Gasteiger partial charge on any atom is -0.478 e. The number of anilines is 3. The molecule has 20 heavy (non-hydrogen) atoms. The molecule has 0 amide bonds.